The Morgan fingerprint density at radius 2 is 1.71 bits per heavy atom. The van der Waals surface area contributed by atoms with Crippen molar-refractivity contribution in [3.8, 4) is 6.07 Å². The third kappa shape index (κ3) is 4.61. The van der Waals surface area contributed by atoms with Crippen LogP contribution in [0, 0.1) is 11.3 Å². The van der Waals surface area contributed by atoms with Crippen LogP contribution in [0.2, 0.25) is 0 Å². The van der Waals surface area contributed by atoms with Crippen molar-refractivity contribution in [3.63, 3.8) is 0 Å². The highest BCUT2D eigenvalue weighted by Crippen LogP contribution is 2.25. The number of fused-ring (bicyclic) bond motifs is 1. The minimum absolute atomic E-state index is 0.0700. The number of para-hydroxylation sites is 1. The summed E-state index contributed by atoms with van der Waals surface area (Å²) in [4.78, 5) is 19.8. The Morgan fingerprint density at radius 1 is 0.971 bits per heavy atom. The zero-order valence-corrected chi connectivity index (χ0v) is 18.8. The van der Waals surface area contributed by atoms with Crippen molar-refractivity contribution in [2.75, 3.05) is 4.90 Å². The average molecular weight is 448 g/mol. The standard InChI is InChI=1S/C28H25N5O/c29-15-21-10-12-22(13-11-21)18-32-20-30-16-26(32)17-31-27-14-23-6-4-5-7-24(23)19-33(28(27)34)25-8-2-1-3-9-25/h1-13,16,20,27,31H,14,17-19H2. The molecular weight excluding hydrogens is 422 g/mol. The molecule has 1 N–H and O–H groups in total. The molecule has 0 spiro atoms. The maximum atomic E-state index is 13.6. The van der Waals surface area contributed by atoms with E-state index in [9.17, 15) is 4.79 Å². The van der Waals surface area contributed by atoms with E-state index in [-0.39, 0.29) is 11.9 Å². The Labute approximate surface area is 199 Å². The van der Waals surface area contributed by atoms with E-state index in [2.05, 4.69) is 33.1 Å². The minimum atomic E-state index is -0.345. The lowest BCUT2D eigenvalue weighted by Gasteiger charge is -2.25. The first-order chi connectivity index (χ1) is 16.7. The molecule has 2 heterocycles. The molecule has 168 valence electrons. The number of benzene rings is 3. The van der Waals surface area contributed by atoms with Crippen LogP contribution in [0.5, 0.6) is 0 Å². The summed E-state index contributed by atoms with van der Waals surface area (Å²) in [5.74, 6) is 0.0700. The number of imidazole rings is 1. The number of nitrogens with one attached hydrogen (secondary N) is 1. The molecule has 0 aliphatic carbocycles. The molecule has 0 bridgehead atoms. The number of carbonyl (C=O) groups is 1. The van der Waals surface area contributed by atoms with Gasteiger partial charge in [0.15, 0.2) is 0 Å². The highest BCUT2D eigenvalue weighted by molar-refractivity contribution is 5.98. The Kier molecular flexibility index (Phi) is 6.19. The van der Waals surface area contributed by atoms with Crippen LogP contribution in [0.3, 0.4) is 0 Å². The van der Waals surface area contributed by atoms with Gasteiger partial charge in [-0.1, -0.05) is 54.6 Å². The van der Waals surface area contributed by atoms with Gasteiger partial charge in [-0.3, -0.25) is 10.1 Å². The normalized spacial score (nSPS) is 15.4. The van der Waals surface area contributed by atoms with Crippen LogP contribution < -0.4 is 10.2 Å². The number of rotatable bonds is 6. The maximum absolute atomic E-state index is 13.6. The molecular formula is C28H25N5O. The zero-order valence-electron chi connectivity index (χ0n) is 18.8. The van der Waals surface area contributed by atoms with Gasteiger partial charge < -0.3 is 9.47 Å². The fraction of sp³-hybridized carbons (Fsp3) is 0.179. The molecule has 1 unspecified atom stereocenters. The van der Waals surface area contributed by atoms with Crippen molar-refractivity contribution >= 4 is 11.6 Å². The Morgan fingerprint density at radius 3 is 2.47 bits per heavy atom. The van der Waals surface area contributed by atoms with Gasteiger partial charge in [0, 0.05) is 25.0 Å². The van der Waals surface area contributed by atoms with E-state index in [1.807, 2.05) is 77.8 Å². The molecule has 5 rings (SSSR count). The molecule has 6 heteroatoms. The molecule has 1 aromatic heterocycles. The molecule has 4 aromatic rings. The zero-order chi connectivity index (χ0) is 23.3. The summed E-state index contributed by atoms with van der Waals surface area (Å²) in [6, 6.07) is 27.5. The molecule has 0 saturated heterocycles. The number of amides is 1. The van der Waals surface area contributed by atoms with Gasteiger partial charge in [0.2, 0.25) is 5.91 Å². The topological polar surface area (TPSA) is 74.0 Å². The average Bonchev–Trinajstić information content (AvgIpc) is 3.27. The lowest BCUT2D eigenvalue weighted by atomic mass is 10.0. The van der Waals surface area contributed by atoms with Crippen molar-refractivity contribution < 1.29 is 4.79 Å². The van der Waals surface area contributed by atoms with Crippen LogP contribution in [-0.2, 0) is 30.8 Å². The number of nitrogens with zero attached hydrogens (tertiary/aromatic N) is 4. The number of nitriles is 1. The van der Waals surface area contributed by atoms with Gasteiger partial charge in [0.05, 0.1) is 36.2 Å². The number of hydrogen-bond donors (Lipinski definition) is 1. The molecule has 0 saturated carbocycles. The van der Waals surface area contributed by atoms with Crippen LogP contribution >= 0.6 is 0 Å². The lowest BCUT2D eigenvalue weighted by molar-refractivity contribution is -0.120. The van der Waals surface area contributed by atoms with Crippen LogP contribution in [0.15, 0.2) is 91.4 Å². The van der Waals surface area contributed by atoms with E-state index in [1.54, 1.807) is 6.33 Å². The third-order valence-electron chi connectivity index (χ3n) is 6.27. The first-order valence-electron chi connectivity index (χ1n) is 11.4. The molecule has 34 heavy (non-hydrogen) atoms. The smallest absolute Gasteiger partial charge is 0.244 e. The molecule has 0 radical (unpaired) electrons. The van der Waals surface area contributed by atoms with Gasteiger partial charge in [-0.25, -0.2) is 4.98 Å². The van der Waals surface area contributed by atoms with Crippen molar-refractivity contribution in [1.29, 1.82) is 5.26 Å². The summed E-state index contributed by atoms with van der Waals surface area (Å²) in [6.07, 6.45) is 4.28. The predicted octanol–water partition coefficient (Wildman–Crippen LogP) is 4.05. The lowest BCUT2D eigenvalue weighted by Crippen LogP contribution is -2.46. The Bertz CT molecular complexity index is 1320. The Hall–Kier alpha value is -4.21. The van der Waals surface area contributed by atoms with Crippen molar-refractivity contribution in [2.45, 2.75) is 32.1 Å². The molecule has 3 aromatic carbocycles. The third-order valence-corrected chi connectivity index (χ3v) is 6.27. The van der Waals surface area contributed by atoms with Gasteiger partial charge in [0.25, 0.3) is 0 Å². The molecule has 1 aliphatic heterocycles. The number of aromatic nitrogens is 2. The van der Waals surface area contributed by atoms with Gasteiger partial charge >= 0.3 is 0 Å². The summed E-state index contributed by atoms with van der Waals surface area (Å²) < 4.78 is 2.07. The molecule has 1 amide bonds. The summed E-state index contributed by atoms with van der Waals surface area (Å²) >= 11 is 0. The number of anilines is 1. The van der Waals surface area contributed by atoms with Gasteiger partial charge in [-0.15, -0.1) is 0 Å². The molecule has 1 atom stereocenters. The van der Waals surface area contributed by atoms with Crippen molar-refractivity contribution in [1.82, 2.24) is 14.9 Å². The fourth-order valence-corrected chi connectivity index (χ4v) is 4.39. The highest BCUT2D eigenvalue weighted by Gasteiger charge is 2.30. The van der Waals surface area contributed by atoms with E-state index in [0.717, 1.165) is 16.9 Å². The summed E-state index contributed by atoms with van der Waals surface area (Å²) in [7, 11) is 0. The van der Waals surface area contributed by atoms with Crippen molar-refractivity contribution in [3.05, 3.63) is 119 Å². The second kappa shape index (κ2) is 9.74. The first kappa shape index (κ1) is 21.6. The number of hydrogen-bond acceptors (Lipinski definition) is 4. The van der Waals surface area contributed by atoms with Crippen LogP contribution in [0.4, 0.5) is 5.69 Å². The quantitative estimate of drug-likeness (QED) is 0.484. The van der Waals surface area contributed by atoms with E-state index >= 15 is 0 Å². The molecule has 0 fully saturated rings. The van der Waals surface area contributed by atoms with Crippen LogP contribution in [0.1, 0.15) is 27.9 Å². The molecule has 6 nitrogen and oxygen atoms in total. The summed E-state index contributed by atoms with van der Waals surface area (Å²) in [5, 5.41) is 12.5. The number of carbonyl (C=O) groups excluding carboxylic acids is 1. The van der Waals surface area contributed by atoms with Gasteiger partial charge in [0.1, 0.15) is 0 Å². The van der Waals surface area contributed by atoms with Gasteiger partial charge in [-0.2, -0.15) is 5.26 Å². The summed E-state index contributed by atoms with van der Waals surface area (Å²) in [6.45, 7) is 1.74. The van der Waals surface area contributed by atoms with E-state index in [0.29, 0.717) is 31.6 Å². The van der Waals surface area contributed by atoms with E-state index in [1.165, 1.54) is 11.1 Å². The maximum Gasteiger partial charge on any atom is 0.244 e. The predicted molar refractivity (Wildman–Crippen MR) is 131 cm³/mol. The van der Waals surface area contributed by atoms with Crippen LogP contribution in [0.25, 0.3) is 0 Å². The van der Waals surface area contributed by atoms with Crippen LogP contribution in [-0.4, -0.2) is 21.5 Å². The van der Waals surface area contributed by atoms with E-state index in [4.69, 9.17) is 5.26 Å². The largest absolute Gasteiger partial charge is 0.329 e. The second-order valence-electron chi connectivity index (χ2n) is 8.49. The highest BCUT2D eigenvalue weighted by atomic mass is 16.2. The molecule has 1 aliphatic rings. The first-order valence-corrected chi connectivity index (χ1v) is 11.4. The van der Waals surface area contributed by atoms with Gasteiger partial charge in [-0.05, 0) is 47.4 Å². The fourth-order valence-electron chi connectivity index (χ4n) is 4.39. The van der Waals surface area contributed by atoms with E-state index < -0.39 is 0 Å². The van der Waals surface area contributed by atoms with Crippen molar-refractivity contribution in [2.24, 2.45) is 0 Å². The Balaban J connectivity index is 1.35. The monoisotopic (exact) mass is 447 g/mol. The summed E-state index contributed by atoms with van der Waals surface area (Å²) in [5.41, 5.74) is 6.01. The minimum Gasteiger partial charge on any atom is -0.329 e. The second-order valence-corrected chi connectivity index (χ2v) is 8.49. The SMILES string of the molecule is N#Cc1ccc(Cn2cncc2CNC2Cc3ccccc3CN(c3ccccc3)C2=O)cc1.